The van der Waals surface area contributed by atoms with Crippen molar-refractivity contribution in [3.8, 4) is 0 Å². The van der Waals surface area contributed by atoms with E-state index in [1.807, 2.05) is 29.6 Å². The summed E-state index contributed by atoms with van der Waals surface area (Å²) in [6.45, 7) is 4.78. The minimum absolute atomic E-state index is 0.0304. The number of nitrogens with one attached hydrogen (secondary N) is 1. The summed E-state index contributed by atoms with van der Waals surface area (Å²) >= 11 is 1.42. The van der Waals surface area contributed by atoms with E-state index in [1.165, 1.54) is 16.9 Å². The van der Waals surface area contributed by atoms with Crippen molar-refractivity contribution in [2.45, 2.75) is 25.9 Å². The molecule has 0 aliphatic carbocycles. The van der Waals surface area contributed by atoms with Crippen LogP contribution in [0.3, 0.4) is 0 Å². The third kappa shape index (κ3) is 5.49. The molecule has 1 amide bonds. The van der Waals surface area contributed by atoms with E-state index in [2.05, 4.69) is 16.3 Å². The van der Waals surface area contributed by atoms with Crippen LogP contribution in [0.25, 0.3) is 0 Å². The van der Waals surface area contributed by atoms with E-state index in [9.17, 15) is 9.59 Å². The van der Waals surface area contributed by atoms with Gasteiger partial charge in [-0.05, 0) is 22.6 Å². The number of Topliss-reactive ketones (excluding diaryl/α,β-unsaturated/α-hetero) is 1. The van der Waals surface area contributed by atoms with Crippen LogP contribution in [-0.2, 0) is 22.6 Å². The van der Waals surface area contributed by atoms with E-state index >= 15 is 0 Å². The zero-order chi connectivity index (χ0) is 18.2. The van der Waals surface area contributed by atoms with Crippen LogP contribution in [0.15, 0.2) is 41.8 Å². The molecular weight excluding hydrogens is 348 g/mol. The number of carbonyl (C=O) groups is 2. The van der Waals surface area contributed by atoms with Gasteiger partial charge in [-0.3, -0.25) is 14.5 Å². The number of thiophene rings is 1. The van der Waals surface area contributed by atoms with Gasteiger partial charge in [0.05, 0.1) is 18.1 Å². The van der Waals surface area contributed by atoms with E-state index in [-0.39, 0.29) is 24.5 Å². The first-order valence-electron chi connectivity index (χ1n) is 8.92. The number of benzene rings is 1. The molecule has 1 aromatic carbocycles. The molecule has 1 aliphatic rings. The standard InChI is InChI=1S/C20H24N2O3S/c23-18(19-6-3-13-26-19)7-8-20(24)21-14-16-4-1-2-5-17(16)15-22-9-11-25-12-10-22/h1-6,13H,7-12,14-15H2,(H,21,24). The van der Waals surface area contributed by atoms with Crippen LogP contribution >= 0.6 is 11.3 Å². The summed E-state index contributed by atoms with van der Waals surface area (Å²) in [6, 6.07) is 11.8. The number of amides is 1. The Morgan fingerprint density at radius 1 is 1.04 bits per heavy atom. The summed E-state index contributed by atoms with van der Waals surface area (Å²) in [5.41, 5.74) is 2.35. The summed E-state index contributed by atoms with van der Waals surface area (Å²) in [6.07, 6.45) is 0.476. The molecule has 0 radical (unpaired) electrons. The number of nitrogens with zero attached hydrogens (tertiary/aromatic N) is 1. The highest BCUT2D eigenvalue weighted by atomic mass is 32.1. The van der Waals surface area contributed by atoms with Crippen molar-refractivity contribution >= 4 is 23.0 Å². The van der Waals surface area contributed by atoms with Gasteiger partial charge in [-0.1, -0.05) is 30.3 Å². The molecule has 1 aromatic heterocycles. The van der Waals surface area contributed by atoms with E-state index < -0.39 is 0 Å². The predicted molar refractivity (Wildman–Crippen MR) is 102 cm³/mol. The molecule has 1 saturated heterocycles. The lowest BCUT2D eigenvalue weighted by atomic mass is 10.1. The van der Waals surface area contributed by atoms with Gasteiger partial charge in [0.25, 0.3) is 0 Å². The molecule has 0 unspecified atom stereocenters. The maximum atomic E-state index is 12.1. The molecule has 2 aromatic rings. The summed E-state index contributed by atoms with van der Waals surface area (Å²) < 4.78 is 5.39. The van der Waals surface area contributed by atoms with E-state index in [4.69, 9.17) is 4.74 Å². The Kier molecular flexibility index (Phi) is 6.94. The first-order valence-corrected chi connectivity index (χ1v) is 9.80. The van der Waals surface area contributed by atoms with Gasteiger partial charge >= 0.3 is 0 Å². The van der Waals surface area contributed by atoms with E-state index in [1.54, 1.807) is 6.07 Å². The topological polar surface area (TPSA) is 58.6 Å². The molecule has 2 heterocycles. The van der Waals surface area contributed by atoms with Crippen LogP contribution in [0.5, 0.6) is 0 Å². The highest BCUT2D eigenvalue weighted by molar-refractivity contribution is 7.12. The second kappa shape index (κ2) is 9.62. The highest BCUT2D eigenvalue weighted by Gasteiger charge is 2.14. The number of ether oxygens (including phenoxy) is 1. The maximum Gasteiger partial charge on any atom is 0.220 e. The van der Waals surface area contributed by atoms with Crippen LogP contribution in [0.4, 0.5) is 0 Å². The lowest BCUT2D eigenvalue weighted by Gasteiger charge is -2.27. The molecule has 5 nitrogen and oxygen atoms in total. The number of morpholine rings is 1. The first kappa shape index (κ1) is 18.8. The van der Waals surface area contributed by atoms with E-state index in [0.717, 1.165) is 38.4 Å². The third-order valence-electron chi connectivity index (χ3n) is 4.47. The molecule has 138 valence electrons. The SMILES string of the molecule is O=C(CCC(=O)c1cccs1)NCc1ccccc1CN1CCOCC1. The van der Waals surface area contributed by atoms with Gasteiger partial charge in [0.1, 0.15) is 0 Å². The van der Waals surface area contributed by atoms with Gasteiger partial charge in [-0.15, -0.1) is 11.3 Å². The maximum absolute atomic E-state index is 12.1. The molecular formula is C20H24N2O3S. The number of hydrogen-bond donors (Lipinski definition) is 1. The summed E-state index contributed by atoms with van der Waals surface area (Å²) in [4.78, 5) is 27.2. The molecule has 0 bridgehead atoms. The number of rotatable bonds is 8. The summed E-state index contributed by atoms with van der Waals surface area (Å²) in [7, 11) is 0. The Hall–Kier alpha value is -2.02. The lowest BCUT2D eigenvalue weighted by Crippen LogP contribution is -2.36. The molecule has 1 fully saturated rings. The summed E-state index contributed by atoms with van der Waals surface area (Å²) in [5, 5.41) is 4.82. The number of ketones is 1. The Morgan fingerprint density at radius 3 is 2.54 bits per heavy atom. The monoisotopic (exact) mass is 372 g/mol. The highest BCUT2D eigenvalue weighted by Crippen LogP contribution is 2.14. The third-order valence-corrected chi connectivity index (χ3v) is 5.38. The minimum atomic E-state index is -0.0870. The largest absolute Gasteiger partial charge is 0.379 e. The Labute approximate surface area is 158 Å². The second-order valence-electron chi connectivity index (χ2n) is 6.33. The van der Waals surface area contributed by atoms with Gasteiger partial charge in [0, 0.05) is 39.0 Å². The smallest absolute Gasteiger partial charge is 0.220 e. The van der Waals surface area contributed by atoms with Gasteiger partial charge in [-0.25, -0.2) is 0 Å². The molecule has 0 spiro atoms. The molecule has 1 aliphatic heterocycles. The van der Waals surface area contributed by atoms with Crippen molar-refractivity contribution in [2.75, 3.05) is 26.3 Å². The minimum Gasteiger partial charge on any atom is -0.379 e. The van der Waals surface area contributed by atoms with Gasteiger partial charge in [-0.2, -0.15) is 0 Å². The Balaban J connectivity index is 1.47. The van der Waals surface area contributed by atoms with Gasteiger partial charge < -0.3 is 10.1 Å². The van der Waals surface area contributed by atoms with Crippen LogP contribution < -0.4 is 5.32 Å². The predicted octanol–water partition coefficient (Wildman–Crippen LogP) is 2.86. The lowest BCUT2D eigenvalue weighted by molar-refractivity contribution is -0.121. The fourth-order valence-electron chi connectivity index (χ4n) is 2.95. The van der Waals surface area contributed by atoms with E-state index in [0.29, 0.717) is 11.4 Å². The fraction of sp³-hybridized carbons (Fsp3) is 0.400. The van der Waals surface area contributed by atoms with Crippen LogP contribution in [0.2, 0.25) is 0 Å². The first-order chi connectivity index (χ1) is 12.7. The van der Waals surface area contributed by atoms with Crippen molar-refractivity contribution in [1.29, 1.82) is 0 Å². The molecule has 1 N–H and O–H groups in total. The van der Waals surface area contributed by atoms with Crippen LogP contribution in [-0.4, -0.2) is 42.9 Å². The van der Waals surface area contributed by atoms with Gasteiger partial charge in [0.15, 0.2) is 5.78 Å². The normalized spacial score (nSPS) is 14.9. The van der Waals surface area contributed by atoms with Crippen molar-refractivity contribution in [2.24, 2.45) is 0 Å². The van der Waals surface area contributed by atoms with Crippen LogP contribution in [0, 0.1) is 0 Å². The van der Waals surface area contributed by atoms with Crippen molar-refractivity contribution < 1.29 is 14.3 Å². The zero-order valence-corrected chi connectivity index (χ0v) is 15.6. The molecule has 0 saturated carbocycles. The van der Waals surface area contributed by atoms with Gasteiger partial charge in [0.2, 0.25) is 5.91 Å². The average Bonchev–Trinajstić information content (AvgIpc) is 3.21. The van der Waals surface area contributed by atoms with Crippen molar-refractivity contribution in [3.05, 3.63) is 57.8 Å². The average molecular weight is 372 g/mol. The van der Waals surface area contributed by atoms with Crippen molar-refractivity contribution in [1.82, 2.24) is 10.2 Å². The van der Waals surface area contributed by atoms with Crippen LogP contribution in [0.1, 0.15) is 33.6 Å². The fourth-order valence-corrected chi connectivity index (χ4v) is 3.65. The summed E-state index contributed by atoms with van der Waals surface area (Å²) in [5.74, 6) is -0.0565. The Morgan fingerprint density at radius 2 is 1.81 bits per heavy atom. The number of carbonyl (C=O) groups excluding carboxylic acids is 2. The molecule has 3 rings (SSSR count). The van der Waals surface area contributed by atoms with Crippen molar-refractivity contribution in [3.63, 3.8) is 0 Å². The number of hydrogen-bond acceptors (Lipinski definition) is 5. The molecule has 26 heavy (non-hydrogen) atoms. The second-order valence-corrected chi connectivity index (χ2v) is 7.28. The zero-order valence-electron chi connectivity index (χ0n) is 14.8. The Bertz CT molecular complexity index is 724. The molecule has 0 atom stereocenters. The molecule has 6 heteroatoms. The quantitative estimate of drug-likeness (QED) is 0.724.